The average Bonchev–Trinajstić information content (AvgIpc) is 3.22. The molecule has 0 radical (unpaired) electrons. The second kappa shape index (κ2) is 8.97. The van der Waals surface area contributed by atoms with E-state index in [1.807, 2.05) is 48.4 Å². The van der Waals surface area contributed by atoms with Crippen LogP contribution in [0.1, 0.15) is 29.1 Å². The van der Waals surface area contributed by atoms with Crippen molar-refractivity contribution >= 4 is 40.4 Å². The third-order valence-electron chi connectivity index (χ3n) is 5.07. The standard InChI is InChI=1S/C21H26ClN3O2S/c1-14(2)19(23-20(26)18-5-4-12-28-18)21(27)25-10-8-24(9-11-25)17-13-16(22)7-6-15(17)3/h4-7,12-14,19H,8-11H2,1-3H3,(H,23,26)/t19-/m0/s1. The highest BCUT2D eigenvalue weighted by Gasteiger charge is 2.31. The average molecular weight is 420 g/mol. The number of aryl methyl sites for hydroxylation is 1. The van der Waals surface area contributed by atoms with Gasteiger partial charge in [0.2, 0.25) is 5.91 Å². The molecule has 0 unspecified atom stereocenters. The molecule has 1 aromatic carbocycles. The van der Waals surface area contributed by atoms with Crippen molar-refractivity contribution in [1.82, 2.24) is 10.2 Å². The smallest absolute Gasteiger partial charge is 0.262 e. The molecule has 0 saturated carbocycles. The van der Waals surface area contributed by atoms with Crippen molar-refractivity contribution in [3.63, 3.8) is 0 Å². The number of piperazine rings is 1. The molecule has 2 amide bonds. The van der Waals surface area contributed by atoms with Gasteiger partial charge >= 0.3 is 0 Å². The Morgan fingerprint density at radius 2 is 1.86 bits per heavy atom. The molecular formula is C21H26ClN3O2S. The largest absolute Gasteiger partial charge is 0.368 e. The van der Waals surface area contributed by atoms with Gasteiger partial charge in [-0.2, -0.15) is 0 Å². The van der Waals surface area contributed by atoms with Gasteiger partial charge in [-0.05, 0) is 42.0 Å². The number of nitrogens with zero attached hydrogens (tertiary/aromatic N) is 2. The molecule has 7 heteroatoms. The van der Waals surface area contributed by atoms with Gasteiger partial charge in [0.15, 0.2) is 0 Å². The fraction of sp³-hybridized carbons (Fsp3) is 0.429. The lowest BCUT2D eigenvalue weighted by Gasteiger charge is -2.38. The fourth-order valence-electron chi connectivity index (χ4n) is 3.42. The van der Waals surface area contributed by atoms with Gasteiger partial charge in [0.1, 0.15) is 6.04 Å². The van der Waals surface area contributed by atoms with Crippen molar-refractivity contribution in [2.75, 3.05) is 31.1 Å². The molecule has 0 bridgehead atoms. The molecule has 1 aromatic heterocycles. The summed E-state index contributed by atoms with van der Waals surface area (Å²) in [6.45, 7) is 8.74. The summed E-state index contributed by atoms with van der Waals surface area (Å²) in [4.78, 5) is 30.3. The summed E-state index contributed by atoms with van der Waals surface area (Å²) in [6.07, 6.45) is 0. The molecule has 1 fully saturated rings. The van der Waals surface area contributed by atoms with Gasteiger partial charge < -0.3 is 15.1 Å². The third kappa shape index (κ3) is 4.67. The minimum absolute atomic E-state index is 0.0117. The van der Waals surface area contributed by atoms with Crippen LogP contribution in [0.5, 0.6) is 0 Å². The van der Waals surface area contributed by atoms with E-state index in [0.717, 1.165) is 23.8 Å². The maximum absolute atomic E-state index is 13.1. The molecule has 1 saturated heterocycles. The van der Waals surface area contributed by atoms with Crippen LogP contribution < -0.4 is 10.2 Å². The fourth-order valence-corrected chi connectivity index (χ4v) is 4.21. The summed E-state index contributed by atoms with van der Waals surface area (Å²) in [5.74, 6) is -0.178. The first-order valence-corrected chi connectivity index (χ1v) is 10.8. The van der Waals surface area contributed by atoms with Crippen LogP contribution in [0.25, 0.3) is 0 Å². The lowest BCUT2D eigenvalue weighted by atomic mass is 10.0. The lowest BCUT2D eigenvalue weighted by Crippen LogP contribution is -2.56. The number of anilines is 1. The van der Waals surface area contributed by atoms with Crippen LogP contribution in [0, 0.1) is 12.8 Å². The van der Waals surface area contributed by atoms with Crippen molar-refractivity contribution < 1.29 is 9.59 Å². The summed E-state index contributed by atoms with van der Waals surface area (Å²) in [5.41, 5.74) is 2.29. The minimum atomic E-state index is -0.519. The van der Waals surface area contributed by atoms with Crippen LogP contribution in [0.2, 0.25) is 5.02 Å². The van der Waals surface area contributed by atoms with E-state index in [9.17, 15) is 9.59 Å². The van der Waals surface area contributed by atoms with E-state index in [-0.39, 0.29) is 17.7 Å². The highest BCUT2D eigenvalue weighted by molar-refractivity contribution is 7.12. The highest BCUT2D eigenvalue weighted by atomic mass is 35.5. The molecule has 3 rings (SSSR count). The van der Waals surface area contributed by atoms with Crippen LogP contribution in [-0.4, -0.2) is 48.9 Å². The Morgan fingerprint density at radius 3 is 2.46 bits per heavy atom. The zero-order valence-corrected chi connectivity index (χ0v) is 18.0. The SMILES string of the molecule is Cc1ccc(Cl)cc1N1CCN(C(=O)[C@@H](NC(=O)c2cccs2)C(C)C)CC1. The number of hydrogen-bond acceptors (Lipinski definition) is 4. The van der Waals surface area contributed by atoms with Crippen LogP contribution in [0.3, 0.4) is 0 Å². The number of thiophene rings is 1. The van der Waals surface area contributed by atoms with E-state index in [0.29, 0.717) is 18.0 Å². The normalized spacial score (nSPS) is 15.6. The lowest BCUT2D eigenvalue weighted by molar-refractivity contribution is -0.134. The molecule has 0 aliphatic carbocycles. The number of amides is 2. The third-order valence-corrected chi connectivity index (χ3v) is 6.17. The van der Waals surface area contributed by atoms with Gasteiger partial charge in [-0.1, -0.05) is 37.6 Å². The number of rotatable bonds is 5. The first kappa shape index (κ1) is 20.7. The summed E-state index contributed by atoms with van der Waals surface area (Å²) >= 11 is 7.53. The van der Waals surface area contributed by atoms with E-state index < -0.39 is 6.04 Å². The second-order valence-corrected chi connectivity index (χ2v) is 8.80. The van der Waals surface area contributed by atoms with Gasteiger partial charge in [0.25, 0.3) is 5.91 Å². The Bertz CT molecular complexity index is 830. The van der Waals surface area contributed by atoms with E-state index in [2.05, 4.69) is 17.1 Å². The Kier molecular flexibility index (Phi) is 6.62. The first-order valence-electron chi connectivity index (χ1n) is 9.51. The molecule has 1 atom stereocenters. The molecule has 0 spiro atoms. The maximum atomic E-state index is 13.1. The van der Waals surface area contributed by atoms with Gasteiger partial charge in [-0.3, -0.25) is 9.59 Å². The number of nitrogens with one attached hydrogen (secondary N) is 1. The molecule has 1 aliphatic heterocycles. The molecular weight excluding hydrogens is 394 g/mol. The van der Waals surface area contributed by atoms with Crippen LogP contribution in [0.4, 0.5) is 5.69 Å². The number of halogens is 1. The predicted molar refractivity (Wildman–Crippen MR) is 115 cm³/mol. The van der Waals surface area contributed by atoms with Crippen LogP contribution >= 0.6 is 22.9 Å². The van der Waals surface area contributed by atoms with E-state index in [4.69, 9.17) is 11.6 Å². The molecule has 1 aliphatic rings. The Balaban J connectivity index is 1.64. The molecule has 2 aromatic rings. The van der Waals surface area contributed by atoms with Gasteiger partial charge in [-0.15, -0.1) is 11.3 Å². The van der Waals surface area contributed by atoms with Crippen molar-refractivity contribution in [3.8, 4) is 0 Å². The van der Waals surface area contributed by atoms with Gasteiger partial charge in [-0.25, -0.2) is 0 Å². The Hall–Kier alpha value is -2.05. The topological polar surface area (TPSA) is 52.6 Å². The molecule has 150 valence electrons. The van der Waals surface area contributed by atoms with Crippen molar-refractivity contribution in [2.45, 2.75) is 26.8 Å². The first-order chi connectivity index (χ1) is 13.4. The van der Waals surface area contributed by atoms with Gasteiger partial charge in [0.05, 0.1) is 4.88 Å². The van der Waals surface area contributed by atoms with Crippen molar-refractivity contribution in [1.29, 1.82) is 0 Å². The van der Waals surface area contributed by atoms with Crippen LogP contribution in [0.15, 0.2) is 35.7 Å². The predicted octanol–water partition coefficient (Wildman–Crippen LogP) is 3.81. The van der Waals surface area contributed by atoms with Gasteiger partial charge in [0, 0.05) is 36.9 Å². The van der Waals surface area contributed by atoms with Crippen molar-refractivity contribution in [3.05, 3.63) is 51.2 Å². The number of benzene rings is 1. The zero-order chi connectivity index (χ0) is 20.3. The highest BCUT2D eigenvalue weighted by Crippen LogP contribution is 2.25. The number of hydrogen-bond donors (Lipinski definition) is 1. The quantitative estimate of drug-likeness (QED) is 0.801. The minimum Gasteiger partial charge on any atom is -0.368 e. The molecule has 28 heavy (non-hydrogen) atoms. The zero-order valence-electron chi connectivity index (χ0n) is 16.4. The molecule has 1 N–H and O–H groups in total. The summed E-state index contributed by atoms with van der Waals surface area (Å²) < 4.78 is 0. The Morgan fingerprint density at radius 1 is 1.14 bits per heavy atom. The second-order valence-electron chi connectivity index (χ2n) is 7.42. The van der Waals surface area contributed by atoms with Crippen molar-refractivity contribution in [2.24, 2.45) is 5.92 Å². The number of carbonyl (C=O) groups excluding carboxylic acids is 2. The molecule has 5 nitrogen and oxygen atoms in total. The summed E-state index contributed by atoms with van der Waals surface area (Å²) in [7, 11) is 0. The Labute approximate surface area is 175 Å². The van der Waals surface area contributed by atoms with Crippen LogP contribution in [-0.2, 0) is 4.79 Å². The van der Waals surface area contributed by atoms with E-state index in [1.165, 1.54) is 16.9 Å². The molecule has 2 heterocycles. The summed E-state index contributed by atoms with van der Waals surface area (Å²) in [5, 5.41) is 5.50. The number of carbonyl (C=O) groups is 2. The van der Waals surface area contributed by atoms with E-state index in [1.54, 1.807) is 6.07 Å². The van der Waals surface area contributed by atoms with E-state index >= 15 is 0 Å². The monoisotopic (exact) mass is 419 g/mol. The maximum Gasteiger partial charge on any atom is 0.262 e. The summed E-state index contributed by atoms with van der Waals surface area (Å²) in [6, 6.07) is 8.98.